The van der Waals surface area contributed by atoms with Crippen molar-refractivity contribution in [3.05, 3.63) is 30.0 Å². The van der Waals surface area contributed by atoms with Crippen LogP contribution in [0, 0.1) is 0 Å². The Morgan fingerprint density at radius 3 is 2.68 bits per heavy atom. The number of carbonyl (C=O) groups excluding carboxylic acids is 2. The topological polar surface area (TPSA) is 85.2 Å². The molecule has 0 unspecified atom stereocenters. The molecule has 7 heteroatoms. The van der Waals surface area contributed by atoms with Crippen LogP contribution in [0.3, 0.4) is 0 Å². The maximum absolute atomic E-state index is 11.7. The number of methoxy groups -OCH3 is 1. The number of aromatic nitrogens is 2. The standard InChI is InChI=1S/C12H18N4O3/c1-9(8-10(17)19-3)13-4-5-15-12(18)11-14-6-7-16(11)2/h6-8,13H,4-5H2,1-3H3,(H,15,18). The number of allylic oxidation sites excluding steroid dienone is 1. The van der Waals surface area contributed by atoms with Gasteiger partial charge in [0.1, 0.15) is 0 Å². The summed E-state index contributed by atoms with van der Waals surface area (Å²) < 4.78 is 6.14. The third kappa shape index (κ3) is 4.82. The average molecular weight is 266 g/mol. The summed E-state index contributed by atoms with van der Waals surface area (Å²) in [5, 5.41) is 5.70. The summed E-state index contributed by atoms with van der Waals surface area (Å²) in [5.41, 5.74) is 0.679. The number of imidazole rings is 1. The quantitative estimate of drug-likeness (QED) is 0.424. The van der Waals surface area contributed by atoms with Gasteiger partial charge in [-0.2, -0.15) is 0 Å². The second-order valence-electron chi connectivity index (χ2n) is 3.89. The maximum Gasteiger partial charge on any atom is 0.332 e. The van der Waals surface area contributed by atoms with Crippen LogP contribution in [0.1, 0.15) is 17.5 Å². The SMILES string of the molecule is COC(=O)C=C(C)NCCNC(=O)c1nccn1C. The van der Waals surface area contributed by atoms with E-state index in [0.717, 1.165) is 0 Å². The number of carbonyl (C=O) groups is 2. The van der Waals surface area contributed by atoms with E-state index in [1.807, 2.05) is 0 Å². The minimum atomic E-state index is -0.415. The van der Waals surface area contributed by atoms with E-state index in [1.54, 1.807) is 30.9 Å². The van der Waals surface area contributed by atoms with Gasteiger partial charge < -0.3 is 19.9 Å². The highest BCUT2D eigenvalue weighted by atomic mass is 16.5. The molecule has 2 N–H and O–H groups in total. The van der Waals surface area contributed by atoms with Crippen molar-refractivity contribution in [1.82, 2.24) is 20.2 Å². The Balaban J connectivity index is 2.28. The van der Waals surface area contributed by atoms with Gasteiger partial charge in [-0.3, -0.25) is 4.79 Å². The fraction of sp³-hybridized carbons (Fsp3) is 0.417. The lowest BCUT2D eigenvalue weighted by molar-refractivity contribution is -0.134. The summed E-state index contributed by atoms with van der Waals surface area (Å²) in [6, 6.07) is 0. The molecule has 1 amide bonds. The summed E-state index contributed by atoms with van der Waals surface area (Å²) in [6.07, 6.45) is 4.62. The van der Waals surface area contributed by atoms with Crippen LogP contribution < -0.4 is 10.6 Å². The minimum absolute atomic E-state index is 0.232. The lowest BCUT2D eigenvalue weighted by Gasteiger charge is -2.07. The van der Waals surface area contributed by atoms with Crippen molar-refractivity contribution in [3.8, 4) is 0 Å². The van der Waals surface area contributed by atoms with Crippen LogP contribution in [0.4, 0.5) is 0 Å². The summed E-state index contributed by atoms with van der Waals surface area (Å²) in [4.78, 5) is 26.6. The van der Waals surface area contributed by atoms with E-state index in [1.165, 1.54) is 13.2 Å². The Morgan fingerprint density at radius 2 is 2.11 bits per heavy atom. The van der Waals surface area contributed by atoms with Crippen molar-refractivity contribution in [1.29, 1.82) is 0 Å². The fourth-order valence-electron chi connectivity index (χ4n) is 1.39. The van der Waals surface area contributed by atoms with Crippen LogP contribution in [0.2, 0.25) is 0 Å². The van der Waals surface area contributed by atoms with E-state index in [2.05, 4.69) is 20.4 Å². The van der Waals surface area contributed by atoms with Crippen LogP contribution in [0.5, 0.6) is 0 Å². The average Bonchev–Trinajstić information content (AvgIpc) is 2.80. The fourth-order valence-corrected chi connectivity index (χ4v) is 1.39. The van der Waals surface area contributed by atoms with Gasteiger partial charge in [-0.15, -0.1) is 0 Å². The van der Waals surface area contributed by atoms with Gasteiger partial charge in [0.25, 0.3) is 5.91 Å². The third-order valence-electron chi connectivity index (χ3n) is 2.37. The van der Waals surface area contributed by atoms with Gasteiger partial charge in [0.2, 0.25) is 0 Å². The summed E-state index contributed by atoms with van der Waals surface area (Å²) in [7, 11) is 3.07. The van der Waals surface area contributed by atoms with Gasteiger partial charge in [0.05, 0.1) is 7.11 Å². The van der Waals surface area contributed by atoms with Crippen molar-refractivity contribution in [2.45, 2.75) is 6.92 Å². The molecule has 0 aromatic carbocycles. The van der Waals surface area contributed by atoms with Crippen molar-refractivity contribution in [2.75, 3.05) is 20.2 Å². The second kappa shape index (κ2) is 7.20. The maximum atomic E-state index is 11.7. The molecule has 0 radical (unpaired) electrons. The Bertz CT molecular complexity index is 479. The number of nitrogens with zero attached hydrogens (tertiary/aromatic N) is 2. The zero-order valence-electron chi connectivity index (χ0n) is 11.3. The first-order valence-corrected chi connectivity index (χ1v) is 5.80. The van der Waals surface area contributed by atoms with Crippen LogP contribution >= 0.6 is 0 Å². The normalized spacial score (nSPS) is 11.0. The Labute approximate surface area is 111 Å². The zero-order valence-corrected chi connectivity index (χ0v) is 11.3. The highest BCUT2D eigenvalue weighted by Gasteiger charge is 2.09. The third-order valence-corrected chi connectivity index (χ3v) is 2.37. The Hall–Kier alpha value is -2.31. The number of rotatable bonds is 6. The largest absolute Gasteiger partial charge is 0.466 e. The first-order valence-electron chi connectivity index (χ1n) is 5.80. The molecule has 1 heterocycles. The number of aryl methyl sites for hydroxylation is 1. The van der Waals surface area contributed by atoms with Crippen LogP contribution in [0.25, 0.3) is 0 Å². The van der Waals surface area contributed by atoms with E-state index in [4.69, 9.17) is 0 Å². The number of amides is 1. The first kappa shape index (κ1) is 14.7. The van der Waals surface area contributed by atoms with Gasteiger partial charge in [-0.25, -0.2) is 9.78 Å². The Kier molecular flexibility index (Phi) is 5.59. The molecule has 0 spiro atoms. The molecule has 0 saturated carbocycles. The van der Waals surface area contributed by atoms with E-state index < -0.39 is 5.97 Å². The zero-order chi connectivity index (χ0) is 14.3. The predicted octanol–water partition coefficient (Wildman–Crippen LogP) is -0.184. The van der Waals surface area contributed by atoms with Crippen molar-refractivity contribution >= 4 is 11.9 Å². The molecular weight excluding hydrogens is 248 g/mol. The molecule has 1 aromatic rings. The number of nitrogens with one attached hydrogen (secondary N) is 2. The highest BCUT2D eigenvalue weighted by Crippen LogP contribution is 1.93. The molecule has 0 fully saturated rings. The predicted molar refractivity (Wildman–Crippen MR) is 69.3 cm³/mol. The molecule has 0 aliphatic carbocycles. The van der Waals surface area contributed by atoms with Crippen LogP contribution in [0.15, 0.2) is 24.2 Å². The molecular formula is C12H18N4O3. The summed E-state index contributed by atoms with van der Waals surface area (Å²) in [5.74, 6) is -0.284. The van der Waals surface area contributed by atoms with Gasteiger partial charge >= 0.3 is 5.97 Å². The van der Waals surface area contributed by atoms with Gasteiger partial charge in [0, 0.05) is 44.3 Å². The molecule has 104 valence electrons. The second-order valence-corrected chi connectivity index (χ2v) is 3.89. The highest BCUT2D eigenvalue weighted by molar-refractivity contribution is 5.90. The lowest BCUT2D eigenvalue weighted by atomic mass is 10.4. The first-order chi connectivity index (χ1) is 9.04. The summed E-state index contributed by atoms with van der Waals surface area (Å²) >= 11 is 0. The molecule has 0 aliphatic heterocycles. The van der Waals surface area contributed by atoms with Crippen molar-refractivity contribution in [3.63, 3.8) is 0 Å². The van der Waals surface area contributed by atoms with Crippen molar-refractivity contribution < 1.29 is 14.3 Å². The van der Waals surface area contributed by atoms with Crippen molar-refractivity contribution in [2.24, 2.45) is 7.05 Å². The van der Waals surface area contributed by atoms with E-state index >= 15 is 0 Å². The van der Waals surface area contributed by atoms with E-state index in [9.17, 15) is 9.59 Å². The summed E-state index contributed by atoms with van der Waals surface area (Å²) in [6.45, 7) is 2.69. The smallest absolute Gasteiger partial charge is 0.332 e. The number of hydrogen-bond donors (Lipinski definition) is 2. The molecule has 0 saturated heterocycles. The monoisotopic (exact) mass is 266 g/mol. The van der Waals surface area contributed by atoms with Gasteiger partial charge in [-0.1, -0.05) is 0 Å². The van der Waals surface area contributed by atoms with E-state index in [-0.39, 0.29) is 5.91 Å². The van der Waals surface area contributed by atoms with Gasteiger partial charge in [0.15, 0.2) is 5.82 Å². The van der Waals surface area contributed by atoms with Crippen LogP contribution in [-0.4, -0.2) is 41.6 Å². The van der Waals surface area contributed by atoms with Gasteiger partial charge in [-0.05, 0) is 6.92 Å². The molecule has 0 atom stereocenters. The number of ether oxygens (including phenoxy) is 1. The minimum Gasteiger partial charge on any atom is -0.466 e. The molecule has 0 aliphatic rings. The molecule has 19 heavy (non-hydrogen) atoms. The molecule has 0 bridgehead atoms. The lowest BCUT2D eigenvalue weighted by Crippen LogP contribution is -2.32. The molecule has 1 aromatic heterocycles. The number of esters is 1. The Morgan fingerprint density at radius 1 is 1.42 bits per heavy atom. The van der Waals surface area contributed by atoms with Crippen LogP contribution in [-0.2, 0) is 16.6 Å². The van der Waals surface area contributed by atoms with E-state index in [0.29, 0.717) is 24.6 Å². The number of hydrogen-bond acceptors (Lipinski definition) is 5. The molecule has 7 nitrogen and oxygen atoms in total. The molecule has 1 rings (SSSR count).